The molecule has 4 aromatic rings. The number of ketones is 1. The normalized spacial score (nSPS) is 14.1. The Morgan fingerprint density at radius 3 is 2.43 bits per heavy atom. The first kappa shape index (κ1) is 25.3. The number of aryl methyl sites for hydroxylation is 2. The predicted octanol–water partition coefficient (Wildman–Crippen LogP) is 5.88. The van der Waals surface area contributed by atoms with Crippen molar-refractivity contribution >= 4 is 28.3 Å². The summed E-state index contributed by atoms with van der Waals surface area (Å²) in [5.74, 6) is 1.16. The average Bonchev–Trinajstić information content (AvgIpc) is 2.89. The molecule has 7 heteroatoms. The third-order valence-corrected chi connectivity index (χ3v) is 7.13. The molecule has 0 aliphatic carbocycles. The molecule has 5 rings (SSSR count). The van der Waals surface area contributed by atoms with E-state index in [1.807, 2.05) is 43.3 Å². The van der Waals surface area contributed by atoms with Crippen molar-refractivity contribution < 1.29 is 14.3 Å². The number of hydrogen-bond acceptors (Lipinski definition) is 6. The van der Waals surface area contributed by atoms with Gasteiger partial charge in [0, 0.05) is 37.5 Å². The Morgan fingerprint density at radius 1 is 0.946 bits per heavy atom. The molecule has 0 amide bonds. The van der Waals surface area contributed by atoms with Crippen LogP contribution in [0.3, 0.4) is 0 Å². The van der Waals surface area contributed by atoms with E-state index in [1.165, 1.54) is 11.9 Å². The molecule has 1 fully saturated rings. The van der Waals surface area contributed by atoms with Gasteiger partial charge < -0.3 is 9.47 Å². The summed E-state index contributed by atoms with van der Waals surface area (Å²) in [4.78, 5) is 23.8. The molecule has 0 radical (unpaired) electrons. The summed E-state index contributed by atoms with van der Waals surface area (Å²) in [5, 5.41) is 1.34. The van der Waals surface area contributed by atoms with Gasteiger partial charge in [0.1, 0.15) is 17.9 Å². The standard InChI is InChI=1S/C30H30ClN3O3/c1-20-13-27-29(14-21(20)2)32-19-33-30(27)37-26-8-7-24(28(31)17-26)16-25(35)15-22-3-5-23(6-4-22)18-34-9-11-36-12-10-34/h3-8,13-14,17,19H,9-12,15-16,18H2,1-2H3. The number of carbonyl (C=O) groups is 1. The zero-order valence-corrected chi connectivity index (χ0v) is 21.9. The average molecular weight is 516 g/mol. The van der Waals surface area contributed by atoms with Crippen LogP contribution in [0.1, 0.15) is 27.8 Å². The first-order chi connectivity index (χ1) is 17.9. The fourth-order valence-electron chi connectivity index (χ4n) is 4.50. The number of hydrogen-bond donors (Lipinski definition) is 0. The van der Waals surface area contributed by atoms with Crippen LogP contribution in [-0.2, 0) is 28.9 Å². The molecule has 0 N–H and O–H groups in total. The Labute approximate surface area is 222 Å². The van der Waals surface area contributed by atoms with Crippen LogP contribution >= 0.6 is 11.6 Å². The molecule has 1 aliphatic heterocycles. The SMILES string of the molecule is Cc1cc2ncnc(Oc3ccc(CC(=O)Cc4ccc(CN5CCOCC5)cc4)c(Cl)c3)c2cc1C. The van der Waals surface area contributed by atoms with Crippen LogP contribution in [-0.4, -0.2) is 47.0 Å². The topological polar surface area (TPSA) is 64.6 Å². The summed E-state index contributed by atoms with van der Waals surface area (Å²) < 4.78 is 11.5. The third-order valence-electron chi connectivity index (χ3n) is 6.78. The molecule has 1 aromatic heterocycles. The lowest BCUT2D eigenvalue weighted by Crippen LogP contribution is -2.35. The van der Waals surface area contributed by atoms with Crippen LogP contribution in [0.25, 0.3) is 10.9 Å². The van der Waals surface area contributed by atoms with E-state index < -0.39 is 0 Å². The molecule has 0 saturated carbocycles. The van der Waals surface area contributed by atoms with Gasteiger partial charge in [-0.2, -0.15) is 0 Å². The highest BCUT2D eigenvalue weighted by Crippen LogP contribution is 2.31. The van der Waals surface area contributed by atoms with E-state index in [4.69, 9.17) is 21.1 Å². The third kappa shape index (κ3) is 6.34. The minimum Gasteiger partial charge on any atom is -0.438 e. The molecule has 1 saturated heterocycles. The maximum atomic E-state index is 12.8. The number of morpholine rings is 1. The van der Waals surface area contributed by atoms with Crippen LogP contribution in [0.15, 0.2) is 60.9 Å². The van der Waals surface area contributed by atoms with E-state index in [9.17, 15) is 4.79 Å². The number of fused-ring (bicyclic) bond motifs is 1. The van der Waals surface area contributed by atoms with Gasteiger partial charge in [0.15, 0.2) is 0 Å². The van der Waals surface area contributed by atoms with Gasteiger partial charge in [-0.1, -0.05) is 41.9 Å². The van der Waals surface area contributed by atoms with E-state index in [1.54, 1.807) is 6.07 Å². The Balaban J connectivity index is 1.21. The largest absolute Gasteiger partial charge is 0.438 e. The quantitative estimate of drug-likeness (QED) is 0.292. The van der Waals surface area contributed by atoms with Gasteiger partial charge in [0.25, 0.3) is 0 Å². The van der Waals surface area contributed by atoms with Crippen molar-refractivity contribution in [1.29, 1.82) is 0 Å². The van der Waals surface area contributed by atoms with E-state index in [-0.39, 0.29) is 12.2 Å². The maximum Gasteiger partial charge on any atom is 0.230 e. The van der Waals surface area contributed by atoms with Crippen LogP contribution in [0.2, 0.25) is 5.02 Å². The van der Waals surface area contributed by atoms with Crippen molar-refractivity contribution in [1.82, 2.24) is 14.9 Å². The van der Waals surface area contributed by atoms with Crippen molar-refractivity contribution in [3.63, 3.8) is 0 Å². The highest BCUT2D eigenvalue weighted by atomic mass is 35.5. The predicted molar refractivity (Wildman–Crippen MR) is 145 cm³/mol. The second kappa shape index (κ2) is 11.4. The molecule has 0 spiro atoms. The minimum atomic E-state index is 0.115. The van der Waals surface area contributed by atoms with Crippen molar-refractivity contribution in [3.8, 4) is 11.6 Å². The van der Waals surface area contributed by atoms with Gasteiger partial charge in [-0.25, -0.2) is 9.97 Å². The summed E-state index contributed by atoms with van der Waals surface area (Å²) >= 11 is 6.54. The zero-order valence-electron chi connectivity index (χ0n) is 21.2. The molecular weight excluding hydrogens is 486 g/mol. The Morgan fingerprint density at radius 2 is 1.68 bits per heavy atom. The molecule has 0 unspecified atom stereocenters. The number of benzene rings is 3. The summed E-state index contributed by atoms with van der Waals surface area (Å²) in [7, 11) is 0. The summed E-state index contributed by atoms with van der Waals surface area (Å²) in [5.41, 5.74) is 6.17. The molecule has 190 valence electrons. The fraction of sp³-hybridized carbons (Fsp3) is 0.300. The first-order valence-electron chi connectivity index (χ1n) is 12.5. The van der Waals surface area contributed by atoms with Crippen molar-refractivity contribution in [2.45, 2.75) is 33.2 Å². The van der Waals surface area contributed by atoms with E-state index >= 15 is 0 Å². The minimum absolute atomic E-state index is 0.115. The Hall–Kier alpha value is -3.32. The second-order valence-electron chi connectivity index (χ2n) is 9.58. The lowest BCUT2D eigenvalue weighted by atomic mass is 10.0. The molecule has 37 heavy (non-hydrogen) atoms. The van der Waals surface area contributed by atoms with Gasteiger partial charge in [0.2, 0.25) is 5.88 Å². The number of aromatic nitrogens is 2. The zero-order chi connectivity index (χ0) is 25.8. The summed E-state index contributed by atoms with van der Waals surface area (Å²) in [6, 6.07) is 17.8. The van der Waals surface area contributed by atoms with Gasteiger partial charge in [-0.3, -0.25) is 9.69 Å². The number of halogens is 1. The monoisotopic (exact) mass is 515 g/mol. The highest BCUT2D eigenvalue weighted by molar-refractivity contribution is 6.31. The molecule has 0 atom stereocenters. The van der Waals surface area contributed by atoms with Gasteiger partial charge in [0.05, 0.1) is 24.1 Å². The molecule has 1 aliphatic rings. The summed E-state index contributed by atoms with van der Waals surface area (Å²) in [6.45, 7) is 8.51. The molecule has 3 aromatic carbocycles. The van der Waals surface area contributed by atoms with E-state index in [0.717, 1.165) is 66.0 Å². The maximum absolute atomic E-state index is 12.8. The second-order valence-corrected chi connectivity index (χ2v) is 9.99. The Kier molecular flexibility index (Phi) is 7.79. The van der Waals surface area contributed by atoms with Crippen LogP contribution in [0.4, 0.5) is 0 Å². The van der Waals surface area contributed by atoms with Crippen LogP contribution in [0, 0.1) is 13.8 Å². The number of rotatable bonds is 8. The molecule has 2 heterocycles. The number of nitrogens with zero attached hydrogens (tertiary/aromatic N) is 3. The first-order valence-corrected chi connectivity index (χ1v) is 12.9. The molecule has 6 nitrogen and oxygen atoms in total. The number of ether oxygens (including phenoxy) is 2. The van der Waals surface area contributed by atoms with Crippen molar-refractivity contribution in [2.75, 3.05) is 26.3 Å². The summed E-state index contributed by atoms with van der Waals surface area (Å²) in [6.07, 6.45) is 2.14. The van der Waals surface area contributed by atoms with Gasteiger partial charge in [-0.05, 0) is 65.9 Å². The van der Waals surface area contributed by atoms with Gasteiger partial charge >= 0.3 is 0 Å². The van der Waals surface area contributed by atoms with E-state index in [0.29, 0.717) is 23.1 Å². The number of Topliss-reactive ketones (excluding diaryl/α,β-unsaturated/α-hetero) is 1. The van der Waals surface area contributed by atoms with Gasteiger partial charge in [-0.15, -0.1) is 0 Å². The lowest BCUT2D eigenvalue weighted by Gasteiger charge is -2.26. The van der Waals surface area contributed by atoms with Crippen molar-refractivity contribution in [2.24, 2.45) is 0 Å². The van der Waals surface area contributed by atoms with Crippen LogP contribution < -0.4 is 4.74 Å². The fourth-order valence-corrected chi connectivity index (χ4v) is 4.74. The smallest absolute Gasteiger partial charge is 0.230 e. The lowest BCUT2D eigenvalue weighted by molar-refractivity contribution is -0.117. The molecular formula is C30H30ClN3O3. The van der Waals surface area contributed by atoms with Crippen LogP contribution in [0.5, 0.6) is 11.6 Å². The highest BCUT2D eigenvalue weighted by Gasteiger charge is 2.13. The Bertz CT molecular complexity index is 1420. The number of carbonyl (C=O) groups excluding carboxylic acids is 1. The van der Waals surface area contributed by atoms with E-state index in [2.05, 4.69) is 33.9 Å². The molecule has 0 bridgehead atoms. The van der Waals surface area contributed by atoms with Crippen molar-refractivity contribution in [3.05, 3.63) is 93.8 Å².